The van der Waals surface area contributed by atoms with Crippen molar-refractivity contribution >= 4 is 33.7 Å². The van der Waals surface area contributed by atoms with Crippen molar-refractivity contribution in [3.8, 4) is 0 Å². The summed E-state index contributed by atoms with van der Waals surface area (Å²) in [6.07, 6.45) is -38.8. The molecule has 3 amide bonds. The SMILES string of the molecule is CC(=O)NC1C(NC(=O)CBr)OC(CO)C(OC2OC(CO)C(OC(OC(COC3OC(CO)C(O)C(O)C3O)[C@H](C)O)[C@H](O)CO[C@H]3O[C@H](CO)C(O)C(O)C3O)C(O)C2NC(C)=O)C1O. The number of rotatable bonds is 22. The van der Waals surface area contributed by atoms with E-state index in [9.17, 15) is 85.9 Å². The summed E-state index contributed by atoms with van der Waals surface area (Å²) < 4.78 is 51.4. The topological polar surface area (TPSA) is 454 Å². The van der Waals surface area contributed by atoms with Crippen LogP contribution in [0, 0.1) is 0 Å². The number of hydrogen-bond donors (Lipinski definition) is 17. The first-order chi connectivity index (χ1) is 31.6. The Morgan fingerprint density at radius 3 is 1.52 bits per heavy atom. The molecule has 4 saturated heterocycles. The number of carbonyl (C=O) groups excluding carboxylic acids is 3. The van der Waals surface area contributed by atoms with Crippen LogP contribution in [-0.2, 0) is 57.0 Å². The van der Waals surface area contributed by atoms with E-state index in [-0.39, 0.29) is 5.33 Å². The lowest BCUT2D eigenvalue weighted by molar-refractivity contribution is -0.350. The molecule has 0 aromatic heterocycles. The van der Waals surface area contributed by atoms with Crippen LogP contribution in [0.15, 0.2) is 0 Å². The quantitative estimate of drug-likeness (QED) is 0.0354. The maximum Gasteiger partial charge on any atom is 0.232 e. The second-order valence-corrected chi connectivity index (χ2v) is 16.8. The van der Waals surface area contributed by atoms with Gasteiger partial charge in [0.1, 0.15) is 110 Å². The minimum absolute atomic E-state index is 0.207. The highest BCUT2D eigenvalue weighted by molar-refractivity contribution is 9.09. The van der Waals surface area contributed by atoms with Crippen molar-refractivity contribution in [1.29, 1.82) is 0 Å². The van der Waals surface area contributed by atoms with Gasteiger partial charge in [-0.2, -0.15) is 0 Å². The van der Waals surface area contributed by atoms with Gasteiger partial charge in [0.25, 0.3) is 0 Å². The Labute approximate surface area is 390 Å². The van der Waals surface area contributed by atoms with Gasteiger partial charge in [-0.1, -0.05) is 15.9 Å². The zero-order chi connectivity index (χ0) is 50.0. The smallest absolute Gasteiger partial charge is 0.232 e. The summed E-state index contributed by atoms with van der Waals surface area (Å²) in [7, 11) is 0. The van der Waals surface area contributed by atoms with E-state index in [1.807, 2.05) is 0 Å². The molecule has 29 nitrogen and oxygen atoms in total. The molecule has 67 heavy (non-hydrogen) atoms. The first-order valence-corrected chi connectivity index (χ1v) is 22.2. The monoisotopic (exact) mass is 1050 g/mol. The maximum absolute atomic E-state index is 12.6. The van der Waals surface area contributed by atoms with E-state index in [0.29, 0.717) is 0 Å². The summed E-state index contributed by atoms with van der Waals surface area (Å²) in [6.45, 7) is -1.95. The molecule has 30 heteroatoms. The number of amides is 3. The zero-order valence-corrected chi connectivity index (χ0v) is 37.9. The van der Waals surface area contributed by atoms with E-state index in [0.717, 1.165) is 13.8 Å². The summed E-state index contributed by atoms with van der Waals surface area (Å²) in [6, 6.07) is -3.13. The fraction of sp³-hybridized carbons (Fsp3) is 0.919. The Hall–Kier alpha value is -2.03. The van der Waals surface area contributed by atoms with Crippen LogP contribution in [0.5, 0.6) is 0 Å². The lowest BCUT2D eigenvalue weighted by atomic mass is 9.93. The third-order valence-corrected chi connectivity index (χ3v) is 11.7. The van der Waals surface area contributed by atoms with Gasteiger partial charge in [-0.3, -0.25) is 14.4 Å². The van der Waals surface area contributed by atoms with Crippen LogP contribution in [-0.4, -0.2) is 281 Å². The standard InChI is InChI=1S/C37H64BrN3O26/c1-11(46)19(10-60-37-30(58)28(56)24(52)16(6-43)63-37)65-34(14(49)9-59-36-29(57)27(55)23(51)15(5-42)62-36)66-32-18(8-45)64-35(22(26(32)54)40-13(3)48)67-31-17(7-44)61-33(41-20(50)4-38)21(25(31)53)39-12(2)47/h11,14-19,21-37,42-46,49,51-58H,4-10H2,1-3H3,(H,39,47)(H,40,48)(H,41,50)/t11-,14+,15+,16?,17?,18?,19?,21?,22?,23?,24?,25?,26?,27?,28?,29?,30?,31?,32?,33?,34?,35?,36-,37?/m0/s1. The summed E-state index contributed by atoms with van der Waals surface area (Å²) in [5.74, 6) is -2.11. The third kappa shape index (κ3) is 14.5. The molecule has 0 spiro atoms. The van der Waals surface area contributed by atoms with Crippen LogP contribution in [0.1, 0.15) is 20.8 Å². The van der Waals surface area contributed by atoms with Gasteiger partial charge in [0.05, 0.1) is 51.1 Å². The maximum atomic E-state index is 12.6. The molecule has 0 radical (unpaired) electrons. The molecule has 4 aliphatic rings. The van der Waals surface area contributed by atoms with Gasteiger partial charge in [0.2, 0.25) is 17.7 Å². The molecule has 4 rings (SSSR count). The van der Waals surface area contributed by atoms with Gasteiger partial charge in [-0.05, 0) is 6.92 Å². The molecular formula is C37H64BrN3O26. The number of nitrogens with one attached hydrogen (secondary N) is 3. The van der Waals surface area contributed by atoms with Gasteiger partial charge in [-0.25, -0.2) is 0 Å². The second kappa shape index (κ2) is 26.4. The fourth-order valence-corrected chi connectivity index (χ4v) is 7.75. The summed E-state index contributed by atoms with van der Waals surface area (Å²) >= 11 is 2.98. The lowest BCUT2D eigenvalue weighted by Crippen LogP contribution is -2.71. The Bertz CT molecular complexity index is 1540. The third-order valence-electron chi connectivity index (χ3n) is 11.2. The van der Waals surface area contributed by atoms with Gasteiger partial charge in [0.15, 0.2) is 31.4 Å². The lowest BCUT2D eigenvalue weighted by Gasteiger charge is -2.49. The Kier molecular flexibility index (Phi) is 22.7. The summed E-state index contributed by atoms with van der Waals surface area (Å²) in [4.78, 5) is 37.0. The van der Waals surface area contributed by atoms with Gasteiger partial charge < -0.3 is 130 Å². The molecule has 24 atom stereocenters. The van der Waals surface area contributed by atoms with Crippen LogP contribution in [0.25, 0.3) is 0 Å². The van der Waals surface area contributed by atoms with Crippen molar-refractivity contribution in [3.05, 3.63) is 0 Å². The van der Waals surface area contributed by atoms with E-state index >= 15 is 0 Å². The second-order valence-electron chi connectivity index (χ2n) is 16.3. The van der Waals surface area contributed by atoms with Crippen molar-refractivity contribution in [1.82, 2.24) is 16.0 Å². The van der Waals surface area contributed by atoms with E-state index in [1.54, 1.807) is 0 Å². The van der Waals surface area contributed by atoms with Crippen molar-refractivity contribution in [2.45, 2.75) is 168 Å². The molecule has 0 aromatic carbocycles. The van der Waals surface area contributed by atoms with Crippen molar-refractivity contribution in [2.75, 3.05) is 45.0 Å². The molecule has 4 aliphatic heterocycles. The number of alkyl halides is 1. The Morgan fingerprint density at radius 2 is 1.04 bits per heavy atom. The molecule has 20 unspecified atom stereocenters. The number of aliphatic hydroxyl groups is 14. The Morgan fingerprint density at radius 1 is 0.582 bits per heavy atom. The van der Waals surface area contributed by atoms with Gasteiger partial charge >= 0.3 is 0 Å². The molecule has 0 aliphatic carbocycles. The molecule has 4 heterocycles. The highest BCUT2D eigenvalue weighted by Crippen LogP contribution is 2.32. The van der Waals surface area contributed by atoms with Crippen molar-refractivity contribution < 1.29 is 129 Å². The highest BCUT2D eigenvalue weighted by atomic mass is 79.9. The first kappa shape index (κ1) is 57.5. The van der Waals surface area contributed by atoms with Gasteiger partial charge in [-0.15, -0.1) is 0 Å². The number of hydrogen-bond acceptors (Lipinski definition) is 26. The Balaban J connectivity index is 1.64. The molecular weight excluding hydrogens is 982 g/mol. The minimum Gasteiger partial charge on any atom is -0.394 e. The molecule has 390 valence electrons. The molecule has 17 N–H and O–H groups in total. The zero-order valence-electron chi connectivity index (χ0n) is 36.3. The number of ether oxygens (including phenoxy) is 9. The number of aliphatic hydroxyl groups excluding tert-OH is 14. The van der Waals surface area contributed by atoms with E-state index in [1.165, 1.54) is 6.92 Å². The average Bonchev–Trinajstić information content (AvgIpc) is 3.29. The van der Waals surface area contributed by atoms with Gasteiger partial charge in [0, 0.05) is 13.8 Å². The molecule has 0 aromatic rings. The number of carbonyl (C=O) groups is 3. The fourth-order valence-electron chi connectivity index (χ4n) is 7.58. The van der Waals surface area contributed by atoms with Crippen LogP contribution >= 0.6 is 15.9 Å². The van der Waals surface area contributed by atoms with Crippen molar-refractivity contribution in [2.24, 2.45) is 0 Å². The largest absolute Gasteiger partial charge is 0.394 e. The summed E-state index contributed by atoms with van der Waals surface area (Å²) in [5, 5.41) is 155. The normalized spacial score (nSPS) is 41.1. The van der Waals surface area contributed by atoms with Crippen LogP contribution in [0.2, 0.25) is 0 Å². The van der Waals surface area contributed by atoms with Crippen LogP contribution < -0.4 is 16.0 Å². The van der Waals surface area contributed by atoms with E-state index in [2.05, 4.69) is 31.9 Å². The number of halogens is 1. The van der Waals surface area contributed by atoms with E-state index in [4.69, 9.17) is 42.6 Å². The minimum atomic E-state index is -2.15. The molecule has 4 fully saturated rings. The molecule has 0 bridgehead atoms. The van der Waals surface area contributed by atoms with E-state index < -0.39 is 205 Å². The predicted molar refractivity (Wildman–Crippen MR) is 216 cm³/mol. The average molecular weight is 1050 g/mol. The highest BCUT2D eigenvalue weighted by Gasteiger charge is 2.54. The summed E-state index contributed by atoms with van der Waals surface area (Å²) in [5.41, 5.74) is 0. The van der Waals surface area contributed by atoms with Crippen molar-refractivity contribution in [3.63, 3.8) is 0 Å². The predicted octanol–water partition coefficient (Wildman–Crippen LogP) is -10.5. The molecule has 0 saturated carbocycles. The van der Waals surface area contributed by atoms with Crippen LogP contribution in [0.4, 0.5) is 0 Å². The van der Waals surface area contributed by atoms with Crippen LogP contribution in [0.3, 0.4) is 0 Å². The first-order valence-electron chi connectivity index (χ1n) is 21.1.